The second-order valence-corrected chi connectivity index (χ2v) is 7.03. The van der Waals surface area contributed by atoms with E-state index >= 15 is 0 Å². The van der Waals surface area contributed by atoms with Crippen molar-refractivity contribution in [1.82, 2.24) is 15.0 Å². The molecular weight excluding hydrogens is 286 g/mol. The standard InChI is InChI=1S/C15H21N3O2S/c1-11(9-16-3)10-18-21(19,20)14-7-6-12(2)15-13(14)5-4-8-17-15/h4-8,11,16,18H,9-10H2,1-3H3. The van der Waals surface area contributed by atoms with Gasteiger partial charge in [0, 0.05) is 18.1 Å². The average molecular weight is 307 g/mol. The monoisotopic (exact) mass is 307 g/mol. The van der Waals surface area contributed by atoms with E-state index in [-0.39, 0.29) is 10.8 Å². The van der Waals surface area contributed by atoms with Gasteiger partial charge in [-0.2, -0.15) is 0 Å². The van der Waals surface area contributed by atoms with Crippen LogP contribution in [0.4, 0.5) is 0 Å². The van der Waals surface area contributed by atoms with E-state index in [0.717, 1.165) is 17.6 Å². The molecule has 0 amide bonds. The van der Waals surface area contributed by atoms with Crippen molar-refractivity contribution < 1.29 is 8.42 Å². The summed E-state index contributed by atoms with van der Waals surface area (Å²) in [5.41, 5.74) is 1.69. The molecule has 21 heavy (non-hydrogen) atoms. The van der Waals surface area contributed by atoms with Gasteiger partial charge in [0.05, 0.1) is 10.4 Å². The number of pyridine rings is 1. The van der Waals surface area contributed by atoms with E-state index in [1.807, 2.05) is 20.9 Å². The molecule has 1 aromatic carbocycles. The number of nitrogens with zero attached hydrogens (tertiary/aromatic N) is 1. The molecule has 1 heterocycles. The normalized spacial score (nSPS) is 13.5. The van der Waals surface area contributed by atoms with Crippen LogP contribution >= 0.6 is 0 Å². The molecule has 0 aliphatic rings. The van der Waals surface area contributed by atoms with Gasteiger partial charge in [-0.25, -0.2) is 13.1 Å². The number of aryl methyl sites for hydroxylation is 1. The van der Waals surface area contributed by atoms with Crippen LogP contribution < -0.4 is 10.0 Å². The van der Waals surface area contributed by atoms with Crippen LogP contribution in [0.15, 0.2) is 35.4 Å². The Morgan fingerprint density at radius 3 is 2.71 bits per heavy atom. The molecule has 5 nitrogen and oxygen atoms in total. The second-order valence-electron chi connectivity index (χ2n) is 5.29. The van der Waals surface area contributed by atoms with E-state index in [2.05, 4.69) is 15.0 Å². The fourth-order valence-electron chi connectivity index (χ4n) is 2.27. The Balaban J connectivity index is 2.35. The zero-order chi connectivity index (χ0) is 15.5. The number of aromatic nitrogens is 1. The van der Waals surface area contributed by atoms with Crippen LogP contribution in [-0.4, -0.2) is 33.5 Å². The number of benzene rings is 1. The number of fused-ring (bicyclic) bond motifs is 1. The van der Waals surface area contributed by atoms with Crippen LogP contribution in [0, 0.1) is 12.8 Å². The van der Waals surface area contributed by atoms with Gasteiger partial charge < -0.3 is 5.32 Å². The van der Waals surface area contributed by atoms with Gasteiger partial charge >= 0.3 is 0 Å². The summed E-state index contributed by atoms with van der Waals surface area (Å²) in [6.45, 7) is 5.08. The summed E-state index contributed by atoms with van der Waals surface area (Å²) in [5.74, 6) is 0.222. The fraction of sp³-hybridized carbons (Fsp3) is 0.400. The van der Waals surface area contributed by atoms with Crippen LogP contribution in [0.25, 0.3) is 10.9 Å². The van der Waals surface area contributed by atoms with E-state index < -0.39 is 10.0 Å². The van der Waals surface area contributed by atoms with Crippen LogP contribution in [-0.2, 0) is 10.0 Å². The maximum Gasteiger partial charge on any atom is 0.241 e. The number of hydrogen-bond acceptors (Lipinski definition) is 4. The first-order valence-electron chi connectivity index (χ1n) is 6.94. The first-order valence-corrected chi connectivity index (χ1v) is 8.42. The number of rotatable bonds is 6. The van der Waals surface area contributed by atoms with Crippen LogP contribution in [0.1, 0.15) is 12.5 Å². The maximum absolute atomic E-state index is 12.5. The quantitative estimate of drug-likeness (QED) is 0.852. The maximum atomic E-state index is 12.5. The lowest BCUT2D eigenvalue weighted by molar-refractivity contribution is 0.519. The molecule has 6 heteroatoms. The Morgan fingerprint density at radius 1 is 1.24 bits per heavy atom. The molecule has 1 atom stereocenters. The third kappa shape index (κ3) is 3.58. The van der Waals surface area contributed by atoms with Crippen LogP contribution in [0.2, 0.25) is 0 Å². The average Bonchev–Trinajstić information content (AvgIpc) is 2.46. The largest absolute Gasteiger partial charge is 0.319 e. The van der Waals surface area contributed by atoms with Gasteiger partial charge in [0.15, 0.2) is 0 Å². The Hall–Kier alpha value is -1.50. The fourth-order valence-corrected chi connectivity index (χ4v) is 3.63. The van der Waals surface area contributed by atoms with E-state index in [9.17, 15) is 8.42 Å². The summed E-state index contributed by atoms with van der Waals surface area (Å²) in [5, 5.41) is 3.69. The molecule has 0 saturated heterocycles. The highest BCUT2D eigenvalue weighted by Gasteiger charge is 2.18. The molecule has 0 radical (unpaired) electrons. The van der Waals surface area contributed by atoms with Crippen LogP contribution in [0.3, 0.4) is 0 Å². The Labute approximate surface area is 125 Å². The summed E-state index contributed by atoms with van der Waals surface area (Å²) in [4.78, 5) is 4.56. The summed E-state index contributed by atoms with van der Waals surface area (Å²) in [7, 11) is -1.68. The summed E-state index contributed by atoms with van der Waals surface area (Å²) >= 11 is 0. The summed E-state index contributed by atoms with van der Waals surface area (Å²) in [6, 6.07) is 6.98. The smallest absolute Gasteiger partial charge is 0.241 e. The lowest BCUT2D eigenvalue weighted by Gasteiger charge is -2.14. The highest BCUT2D eigenvalue weighted by atomic mass is 32.2. The van der Waals surface area contributed by atoms with Crippen molar-refractivity contribution in [1.29, 1.82) is 0 Å². The van der Waals surface area contributed by atoms with Gasteiger partial charge in [-0.1, -0.05) is 13.0 Å². The number of sulfonamides is 1. The highest BCUT2D eigenvalue weighted by molar-refractivity contribution is 7.89. The van der Waals surface area contributed by atoms with Crippen molar-refractivity contribution >= 4 is 20.9 Å². The molecule has 0 saturated carbocycles. The third-order valence-electron chi connectivity index (χ3n) is 3.40. The summed E-state index contributed by atoms with van der Waals surface area (Å²) in [6.07, 6.45) is 1.67. The van der Waals surface area contributed by atoms with Crippen molar-refractivity contribution in [2.24, 2.45) is 5.92 Å². The van der Waals surface area contributed by atoms with Gasteiger partial charge in [0.1, 0.15) is 0 Å². The lowest BCUT2D eigenvalue weighted by atomic mass is 10.1. The van der Waals surface area contributed by atoms with Crippen LogP contribution in [0.5, 0.6) is 0 Å². The van der Waals surface area contributed by atoms with E-state index in [4.69, 9.17) is 0 Å². The molecule has 1 unspecified atom stereocenters. The number of nitrogens with one attached hydrogen (secondary N) is 2. The van der Waals surface area contributed by atoms with Gasteiger partial charge in [0.25, 0.3) is 0 Å². The van der Waals surface area contributed by atoms with E-state index in [1.165, 1.54) is 0 Å². The SMILES string of the molecule is CNCC(C)CNS(=O)(=O)c1ccc(C)c2ncccc12. The molecular formula is C15H21N3O2S. The topological polar surface area (TPSA) is 71.1 Å². The predicted molar refractivity (Wildman–Crippen MR) is 84.8 cm³/mol. The molecule has 0 fully saturated rings. The molecule has 0 aliphatic heterocycles. The molecule has 2 aromatic rings. The second kappa shape index (κ2) is 6.51. The number of hydrogen-bond donors (Lipinski definition) is 2. The van der Waals surface area contributed by atoms with Gasteiger partial charge in [-0.05, 0) is 50.2 Å². The summed E-state index contributed by atoms with van der Waals surface area (Å²) < 4.78 is 27.7. The molecule has 0 aliphatic carbocycles. The van der Waals surface area contributed by atoms with Gasteiger partial charge in [-0.3, -0.25) is 4.98 Å². The molecule has 0 bridgehead atoms. The minimum absolute atomic E-state index is 0.222. The minimum atomic E-state index is -3.53. The molecule has 2 N–H and O–H groups in total. The minimum Gasteiger partial charge on any atom is -0.319 e. The predicted octanol–water partition coefficient (Wildman–Crippen LogP) is 1.68. The lowest BCUT2D eigenvalue weighted by Crippen LogP contribution is -2.32. The molecule has 1 aromatic heterocycles. The Bertz CT molecular complexity index is 729. The molecule has 114 valence electrons. The van der Waals surface area contributed by atoms with Gasteiger partial charge in [-0.15, -0.1) is 0 Å². The Morgan fingerprint density at radius 2 is 2.00 bits per heavy atom. The van der Waals surface area contributed by atoms with E-state index in [0.29, 0.717) is 11.9 Å². The zero-order valence-electron chi connectivity index (χ0n) is 12.6. The highest BCUT2D eigenvalue weighted by Crippen LogP contribution is 2.24. The first kappa shape index (κ1) is 15.9. The third-order valence-corrected chi connectivity index (χ3v) is 4.88. The van der Waals surface area contributed by atoms with Gasteiger partial charge in [0.2, 0.25) is 10.0 Å². The van der Waals surface area contributed by atoms with Crippen molar-refractivity contribution in [3.63, 3.8) is 0 Å². The van der Waals surface area contributed by atoms with Crippen molar-refractivity contribution in [3.05, 3.63) is 36.0 Å². The Kier molecular flexibility index (Phi) is 4.92. The first-order chi connectivity index (χ1) is 9.95. The molecule has 0 spiro atoms. The van der Waals surface area contributed by atoms with Crippen molar-refractivity contribution in [2.45, 2.75) is 18.7 Å². The van der Waals surface area contributed by atoms with Crippen molar-refractivity contribution in [2.75, 3.05) is 20.1 Å². The molecule has 2 rings (SSSR count). The zero-order valence-corrected chi connectivity index (χ0v) is 13.4. The van der Waals surface area contributed by atoms with Crippen molar-refractivity contribution in [3.8, 4) is 0 Å². The van der Waals surface area contributed by atoms with E-state index in [1.54, 1.807) is 30.5 Å².